The lowest BCUT2D eigenvalue weighted by molar-refractivity contribution is 0.186. The Morgan fingerprint density at radius 2 is 2.20 bits per heavy atom. The first-order valence-electron chi connectivity index (χ1n) is 6.90. The first kappa shape index (κ1) is 13.3. The van der Waals surface area contributed by atoms with Gasteiger partial charge in [-0.05, 0) is 31.5 Å². The van der Waals surface area contributed by atoms with Gasteiger partial charge in [-0.2, -0.15) is 0 Å². The Bertz CT molecular complexity index is 641. The Kier molecular flexibility index (Phi) is 3.33. The van der Waals surface area contributed by atoms with Crippen LogP contribution in [0.4, 0.5) is 5.82 Å². The van der Waals surface area contributed by atoms with Crippen molar-refractivity contribution in [1.82, 2.24) is 4.98 Å². The second-order valence-electron chi connectivity index (χ2n) is 5.54. The molecule has 0 aliphatic carbocycles. The first-order valence-corrected chi connectivity index (χ1v) is 6.90. The molecule has 1 aliphatic heterocycles. The van der Waals surface area contributed by atoms with Crippen molar-refractivity contribution < 1.29 is 5.11 Å². The number of hydrogen-bond donors (Lipinski definition) is 3. The highest BCUT2D eigenvalue weighted by molar-refractivity contribution is 5.82. The lowest BCUT2D eigenvalue weighted by Crippen LogP contribution is -2.28. The molecular formula is C15H20N4O. The van der Waals surface area contributed by atoms with Crippen LogP contribution in [0.2, 0.25) is 0 Å². The van der Waals surface area contributed by atoms with Gasteiger partial charge in [0.1, 0.15) is 12.0 Å². The van der Waals surface area contributed by atoms with E-state index in [2.05, 4.69) is 9.88 Å². The predicted molar refractivity (Wildman–Crippen MR) is 80.4 cm³/mol. The maximum absolute atomic E-state index is 9.84. The number of aryl methyl sites for hydroxylation is 1. The molecule has 1 saturated heterocycles. The topological polar surface area (TPSA) is 88.4 Å². The van der Waals surface area contributed by atoms with Crippen LogP contribution in [0.15, 0.2) is 24.3 Å². The second-order valence-corrected chi connectivity index (χ2v) is 5.54. The number of aliphatic hydroxyl groups is 1. The molecule has 0 spiro atoms. The fourth-order valence-electron chi connectivity index (χ4n) is 2.75. The molecule has 1 aromatic heterocycles. The van der Waals surface area contributed by atoms with Crippen molar-refractivity contribution in [2.45, 2.75) is 25.6 Å². The molecule has 5 nitrogen and oxygen atoms in total. The molecule has 1 aromatic carbocycles. The minimum atomic E-state index is -1.03. The average molecular weight is 272 g/mol. The van der Waals surface area contributed by atoms with Gasteiger partial charge < -0.3 is 21.5 Å². The predicted octanol–water partition coefficient (Wildman–Crippen LogP) is 1.03. The number of nitrogens with two attached hydrogens (primary N) is 2. The van der Waals surface area contributed by atoms with Gasteiger partial charge in [0.05, 0.1) is 5.52 Å². The summed E-state index contributed by atoms with van der Waals surface area (Å²) < 4.78 is 0. The summed E-state index contributed by atoms with van der Waals surface area (Å²) in [6.45, 7) is 3.64. The Morgan fingerprint density at radius 3 is 2.85 bits per heavy atom. The number of hydrogen-bond acceptors (Lipinski definition) is 5. The SMILES string of the molecule is Cc1ccc2nc(N3CCC(N)C3)c(C(N)O)cc2c1. The van der Waals surface area contributed by atoms with Gasteiger partial charge in [0.25, 0.3) is 0 Å². The minimum absolute atomic E-state index is 0.160. The van der Waals surface area contributed by atoms with Crippen LogP contribution in [0.25, 0.3) is 10.9 Å². The molecule has 0 radical (unpaired) electrons. The largest absolute Gasteiger partial charge is 0.374 e. The van der Waals surface area contributed by atoms with E-state index in [1.807, 2.05) is 31.2 Å². The number of pyridine rings is 1. The van der Waals surface area contributed by atoms with Gasteiger partial charge >= 0.3 is 0 Å². The van der Waals surface area contributed by atoms with Crippen molar-refractivity contribution in [3.05, 3.63) is 35.4 Å². The van der Waals surface area contributed by atoms with Crippen LogP contribution < -0.4 is 16.4 Å². The quantitative estimate of drug-likeness (QED) is 0.711. The summed E-state index contributed by atoms with van der Waals surface area (Å²) in [6, 6.07) is 8.17. The van der Waals surface area contributed by atoms with Gasteiger partial charge in [-0.1, -0.05) is 11.6 Å². The Balaban J connectivity index is 2.13. The monoisotopic (exact) mass is 272 g/mol. The molecule has 2 heterocycles. The summed E-state index contributed by atoms with van der Waals surface area (Å²) >= 11 is 0. The van der Waals surface area contributed by atoms with E-state index in [9.17, 15) is 5.11 Å². The van der Waals surface area contributed by atoms with E-state index in [4.69, 9.17) is 11.5 Å². The Morgan fingerprint density at radius 1 is 1.40 bits per heavy atom. The first-order chi connectivity index (χ1) is 9.54. The van der Waals surface area contributed by atoms with Gasteiger partial charge in [0.15, 0.2) is 0 Å². The van der Waals surface area contributed by atoms with Gasteiger partial charge in [-0.3, -0.25) is 0 Å². The molecule has 20 heavy (non-hydrogen) atoms. The molecular weight excluding hydrogens is 252 g/mol. The summed E-state index contributed by atoms with van der Waals surface area (Å²) in [5.41, 5.74) is 14.4. The molecule has 1 fully saturated rings. The van der Waals surface area contributed by atoms with Gasteiger partial charge in [-0.25, -0.2) is 4.98 Å². The fourth-order valence-corrected chi connectivity index (χ4v) is 2.75. The third-order valence-electron chi connectivity index (χ3n) is 3.82. The smallest absolute Gasteiger partial charge is 0.136 e. The van der Waals surface area contributed by atoms with E-state index >= 15 is 0 Å². The van der Waals surface area contributed by atoms with Gasteiger partial charge in [-0.15, -0.1) is 0 Å². The molecule has 3 rings (SSSR count). The summed E-state index contributed by atoms with van der Waals surface area (Å²) in [5, 5.41) is 10.8. The lowest BCUT2D eigenvalue weighted by atomic mass is 10.1. The zero-order valence-corrected chi connectivity index (χ0v) is 11.6. The van der Waals surface area contributed by atoms with Gasteiger partial charge in [0.2, 0.25) is 0 Å². The number of aliphatic hydroxyl groups excluding tert-OH is 1. The van der Waals surface area contributed by atoms with Crippen LogP contribution in [-0.2, 0) is 0 Å². The highest BCUT2D eigenvalue weighted by Crippen LogP contribution is 2.29. The number of anilines is 1. The summed E-state index contributed by atoms with van der Waals surface area (Å²) in [5.74, 6) is 0.754. The van der Waals surface area contributed by atoms with Crippen LogP contribution in [0, 0.1) is 6.92 Å². The lowest BCUT2D eigenvalue weighted by Gasteiger charge is -2.22. The molecule has 0 amide bonds. The van der Waals surface area contributed by atoms with E-state index in [-0.39, 0.29) is 6.04 Å². The number of benzene rings is 1. The molecule has 2 aromatic rings. The third kappa shape index (κ3) is 2.35. The highest BCUT2D eigenvalue weighted by atomic mass is 16.3. The summed E-state index contributed by atoms with van der Waals surface area (Å²) in [7, 11) is 0. The van der Waals surface area contributed by atoms with Crippen molar-refractivity contribution in [2.75, 3.05) is 18.0 Å². The second kappa shape index (κ2) is 5.01. The number of fused-ring (bicyclic) bond motifs is 1. The maximum atomic E-state index is 9.84. The standard InChI is InChI=1S/C15H20N4O/c1-9-2-3-13-10(6-9)7-12(14(17)20)15(18-13)19-5-4-11(16)8-19/h2-3,6-7,11,14,20H,4-5,8,16-17H2,1H3. The van der Waals surface area contributed by atoms with E-state index in [1.165, 1.54) is 0 Å². The third-order valence-corrected chi connectivity index (χ3v) is 3.82. The van der Waals surface area contributed by atoms with E-state index in [1.54, 1.807) is 0 Å². The minimum Gasteiger partial charge on any atom is -0.374 e. The van der Waals surface area contributed by atoms with Crippen molar-refractivity contribution in [2.24, 2.45) is 11.5 Å². The zero-order chi connectivity index (χ0) is 14.3. The zero-order valence-electron chi connectivity index (χ0n) is 11.6. The van der Waals surface area contributed by atoms with Crippen molar-refractivity contribution in [3.63, 3.8) is 0 Å². The number of nitrogens with zero attached hydrogens (tertiary/aromatic N) is 2. The molecule has 106 valence electrons. The molecule has 0 bridgehead atoms. The summed E-state index contributed by atoms with van der Waals surface area (Å²) in [4.78, 5) is 6.79. The fraction of sp³-hybridized carbons (Fsp3) is 0.400. The number of rotatable bonds is 2. The van der Waals surface area contributed by atoms with E-state index in [0.29, 0.717) is 5.56 Å². The van der Waals surface area contributed by atoms with E-state index in [0.717, 1.165) is 41.8 Å². The molecule has 5 N–H and O–H groups in total. The molecule has 1 aliphatic rings. The van der Waals surface area contributed by atoms with Crippen LogP contribution in [0.5, 0.6) is 0 Å². The van der Waals surface area contributed by atoms with Crippen LogP contribution in [-0.4, -0.2) is 29.2 Å². The normalized spacial score (nSPS) is 20.6. The average Bonchev–Trinajstić information content (AvgIpc) is 2.83. The van der Waals surface area contributed by atoms with Crippen molar-refractivity contribution >= 4 is 16.7 Å². The molecule has 0 saturated carbocycles. The molecule has 2 atom stereocenters. The molecule has 2 unspecified atom stereocenters. The van der Waals surface area contributed by atoms with Crippen LogP contribution in [0.3, 0.4) is 0 Å². The van der Waals surface area contributed by atoms with Gasteiger partial charge in [0, 0.05) is 30.1 Å². The Hall–Kier alpha value is -1.69. The maximum Gasteiger partial charge on any atom is 0.136 e. The van der Waals surface area contributed by atoms with Crippen LogP contribution >= 0.6 is 0 Å². The summed E-state index contributed by atoms with van der Waals surface area (Å²) in [6.07, 6.45) is -0.0903. The highest BCUT2D eigenvalue weighted by Gasteiger charge is 2.24. The van der Waals surface area contributed by atoms with Crippen molar-refractivity contribution in [1.29, 1.82) is 0 Å². The van der Waals surface area contributed by atoms with Crippen LogP contribution in [0.1, 0.15) is 23.8 Å². The van der Waals surface area contributed by atoms with E-state index < -0.39 is 6.23 Å². The Labute approximate surface area is 118 Å². The van der Waals surface area contributed by atoms with Crippen molar-refractivity contribution in [3.8, 4) is 0 Å². The molecule has 5 heteroatoms. The number of aromatic nitrogens is 1.